The van der Waals surface area contributed by atoms with Crippen LogP contribution in [-0.2, 0) is 10.0 Å². The van der Waals surface area contributed by atoms with Gasteiger partial charge in [-0.3, -0.25) is 4.40 Å². The van der Waals surface area contributed by atoms with Crippen molar-refractivity contribution in [3.05, 3.63) is 11.6 Å². The largest absolute Gasteiger partial charge is 0.381 e. The lowest BCUT2D eigenvalue weighted by atomic mass is 9.88. The summed E-state index contributed by atoms with van der Waals surface area (Å²) in [6.07, 6.45) is 4.60. The third-order valence-electron chi connectivity index (χ3n) is 4.05. The number of anilines is 1. The van der Waals surface area contributed by atoms with E-state index in [-0.39, 0.29) is 22.3 Å². The summed E-state index contributed by atoms with van der Waals surface area (Å²) < 4.78 is 29.6. The average molecular weight is 314 g/mol. The summed E-state index contributed by atoms with van der Waals surface area (Å²) in [5.41, 5.74) is 5.75. The normalized spacial score (nSPS) is 22.6. The van der Waals surface area contributed by atoms with Gasteiger partial charge in [0.15, 0.2) is 15.8 Å². The van der Waals surface area contributed by atoms with Crippen LogP contribution >= 0.6 is 11.3 Å². The predicted molar refractivity (Wildman–Crippen MR) is 79.2 cm³/mol. The standard InChI is InChI=1S/C12H18N4O2S2/c1-12(2)5-3-4-8(12)15-20(17,18)10-9(13)14-11-16(10)6-7-19-11/h6-8,15H,3-5,13H2,1-2H3. The predicted octanol–water partition coefficient (Wildman–Crippen LogP) is 1.84. The van der Waals surface area contributed by atoms with E-state index in [2.05, 4.69) is 23.6 Å². The number of nitrogens with zero attached hydrogens (tertiary/aromatic N) is 2. The minimum atomic E-state index is -3.67. The Morgan fingerprint density at radius 3 is 2.95 bits per heavy atom. The number of sulfonamides is 1. The first-order valence-electron chi connectivity index (χ1n) is 6.55. The van der Waals surface area contributed by atoms with Crippen LogP contribution in [0.15, 0.2) is 16.6 Å². The molecule has 2 heterocycles. The summed E-state index contributed by atoms with van der Waals surface area (Å²) in [5.74, 6) is 0.0557. The van der Waals surface area contributed by atoms with Gasteiger partial charge in [0, 0.05) is 17.6 Å². The number of fused-ring (bicyclic) bond motifs is 1. The Morgan fingerprint density at radius 2 is 2.30 bits per heavy atom. The van der Waals surface area contributed by atoms with Gasteiger partial charge in [-0.1, -0.05) is 20.3 Å². The van der Waals surface area contributed by atoms with Gasteiger partial charge in [-0.05, 0) is 18.3 Å². The Bertz CT molecular complexity index is 745. The van der Waals surface area contributed by atoms with Crippen molar-refractivity contribution < 1.29 is 8.42 Å². The molecule has 3 rings (SSSR count). The second kappa shape index (κ2) is 4.44. The maximum absolute atomic E-state index is 12.6. The van der Waals surface area contributed by atoms with Gasteiger partial charge in [-0.2, -0.15) is 0 Å². The zero-order valence-electron chi connectivity index (χ0n) is 11.5. The Labute approximate surface area is 122 Å². The molecule has 110 valence electrons. The first-order chi connectivity index (χ1) is 9.31. The maximum atomic E-state index is 12.6. The lowest BCUT2D eigenvalue weighted by molar-refractivity contribution is 0.312. The molecule has 0 saturated heterocycles. The summed E-state index contributed by atoms with van der Waals surface area (Å²) in [6, 6.07) is -0.0592. The van der Waals surface area contributed by atoms with Crippen molar-refractivity contribution in [3.63, 3.8) is 0 Å². The molecule has 1 aliphatic rings. The number of imidazole rings is 1. The third-order valence-corrected chi connectivity index (χ3v) is 6.32. The van der Waals surface area contributed by atoms with Crippen molar-refractivity contribution >= 4 is 32.1 Å². The van der Waals surface area contributed by atoms with Gasteiger partial charge in [-0.15, -0.1) is 11.3 Å². The highest BCUT2D eigenvalue weighted by Crippen LogP contribution is 2.38. The monoisotopic (exact) mass is 314 g/mol. The van der Waals surface area contributed by atoms with Crippen LogP contribution in [0, 0.1) is 5.41 Å². The van der Waals surface area contributed by atoms with E-state index < -0.39 is 10.0 Å². The molecule has 0 spiro atoms. The van der Waals surface area contributed by atoms with E-state index in [0.717, 1.165) is 19.3 Å². The molecule has 1 unspecified atom stereocenters. The number of hydrogen-bond donors (Lipinski definition) is 2. The first kappa shape index (κ1) is 13.8. The molecule has 0 aliphatic heterocycles. The third kappa shape index (κ3) is 2.11. The molecule has 1 atom stereocenters. The van der Waals surface area contributed by atoms with Gasteiger partial charge in [0.25, 0.3) is 10.0 Å². The molecule has 0 amide bonds. The van der Waals surface area contributed by atoms with Crippen LogP contribution < -0.4 is 10.5 Å². The topological polar surface area (TPSA) is 89.5 Å². The van der Waals surface area contributed by atoms with Crippen LogP contribution in [-0.4, -0.2) is 23.8 Å². The Kier molecular flexibility index (Phi) is 3.07. The molecule has 3 N–H and O–H groups in total. The minimum absolute atomic E-state index is 0.0275. The van der Waals surface area contributed by atoms with Crippen LogP contribution in [0.3, 0.4) is 0 Å². The Morgan fingerprint density at radius 1 is 1.55 bits per heavy atom. The second-order valence-corrected chi connectivity index (χ2v) is 8.41. The van der Waals surface area contributed by atoms with E-state index in [0.29, 0.717) is 4.96 Å². The summed E-state index contributed by atoms with van der Waals surface area (Å²) in [7, 11) is -3.67. The summed E-state index contributed by atoms with van der Waals surface area (Å²) in [4.78, 5) is 4.68. The average Bonchev–Trinajstić information content (AvgIpc) is 2.93. The smallest absolute Gasteiger partial charge is 0.260 e. The molecule has 8 heteroatoms. The Hall–Kier alpha value is -1.12. The molecule has 1 saturated carbocycles. The zero-order valence-corrected chi connectivity index (χ0v) is 13.1. The van der Waals surface area contributed by atoms with E-state index in [1.165, 1.54) is 15.7 Å². The summed E-state index contributed by atoms with van der Waals surface area (Å²) in [6.45, 7) is 4.18. The van der Waals surface area contributed by atoms with Crippen molar-refractivity contribution in [3.8, 4) is 0 Å². The van der Waals surface area contributed by atoms with Crippen molar-refractivity contribution in [2.24, 2.45) is 5.41 Å². The van der Waals surface area contributed by atoms with Gasteiger partial charge in [-0.25, -0.2) is 18.1 Å². The summed E-state index contributed by atoms with van der Waals surface area (Å²) >= 11 is 1.36. The number of aromatic nitrogens is 2. The van der Waals surface area contributed by atoms with Crippen molar-refractivity contribution in [2.75, 3.05) is 5.73 Å². The molecular weight excluding hydrogens is 296 g/mol. The van der Waals surface area contributed by atoms with Crippen molar-refractivity contribution in [2.45, 2.75) is 44.2 Å². The first-order valence-corrected chi connectivity index (χ1v) is 8.91. The van der Waals surface area contributed by atoms with Crippen molar-refractivity contribution in [1.29, 1.82) is 0 Å². The van der Waals surface area contributed by atoms with Crippen molar-refractivity contribution in [1.82, 2.24) is 14.1 Å². The minimum Gasteiger partial charge on any atom is -0.381 e. The number of hydrogen-bond acceptors (Lipinski definition) is 5. The quantitative estimate of drug-likeness (QED) is 0.904. The number of nitrogens with two attached hydrogens (primary N) is 1. The molecule has 1 aliphatic carbocycles. The lowest BCUT2D eigenvalue weighted by Crippen LogP contribution is -2.41. The molecule has 0 aromatic carbocycles. The van der Waals surface area contributed by atoms with E-state index in [1.54, 1.807) is 11.6 Å². The molecule has 6 nitrogen and oxygen atoms in total. The van der Waals surface area contributed by atoms with Gasteiger partial charge < -0.3 is 5.73 Å². The number of nitrogen functional groups attached to an aromatic ring is 1. The Balaban J connectivity index is 2.00. The summed E-state index contributed by atoms with van der Waals surface area (Å²) in [5, 5.41) is 1.84. The van der Waals surface area contributed by atoms with E-state index in [1.807, 2.05) is 0 Å². The maximum Gasteiger partial charge on any atom is 0.260 e. The fraction of sp³-hybridized carbons (Fsp3) is 0.583. The SMILES string of the molecule is CC1(C)CCCC1NS(=O)(=O)c1c(N)nc2sccn12. The molecular formula is C12H18N4O2S2. The number of rotatable bonds is 3. The zero-order chi connectivity index (χ0) is 14.5. The van der Waals surface area contributed by atoms with E-state index in [9.17, 15) is 8.42 Å². The van der Waals surface area contributed by atoms with Gasteiger partial charge in [0.05, 0.1) is 0 Å². The van der Waals surface area contributed by atoms with Gasteiger partial charge >= 0.3 is 0 Å². The fourth-order valence-electron chi connectivity index (χ4n) is 2.84. The molecule has 20 heavy (non-hydrogen) atoms. The van der Waals surface area contributed by atoms with E-state index in [4.69, 9.17) is 5.73 Å². The molecule has 0 radical (unpaired) electrons. The highest BCUT2D eigenvalue weighted by atomic mass is 32.2. The highest BCUT2D eigenvalue weighted by molar-refractivity contribution is 7.89. The van der Waals surface area contributed by atoms with E-state index >= 15 is 0 Å². The van der Waals surface area contributed by atoms with Gasteiger partial charge in [0.2, 0.25) is 0 Å². The van der Waals surface area contributed by atoms with Crippen LogP contribution in [0.5, 0.6) is 0 Å². The molecule has 2 aromatic rings. The number of thiazole rings is 1. The highest BCUT2D eigenvalue weighted by Gasteiger charge is 2.38. The number of nitrogens with one attached hydrogen (secondary N) is 1. The van der Waals surface area contributed by atoms with Gasteiger partial charge in [0.1, 0.15) is 0 Å². The second-order valence-electron chi connectivity index (χ2n) is 5.91. The fourth-order valence-corrected chi connectivity index (χ4v) is 5.27. The van der Waals surface area contributed by atoms with Crippen LogP contribution in [0.2, 0.25) is 0 Å². The van der Waals surface area contributed by atoms with Crippen LogP contribution in [0.1, 0.15) is 33.1 Å². The lowest BCUT2D eigenvalue weighted by Gasteiger charge is -2.27. The molecule has 1 fully saturated rings. The molecule has 0 bridgehead atoms. The molecule has 2 aromatic heterocycles. The van der Waals surface area contributed by atoms with Crippen LogP contribution in [0.25, 0.3) is 4.96 Å². The van der Waals surface area contributed by atoms with Crippen LogP contribution in [0.4, 0.5) is 5.82 Å².